The van der Waals surface area contributed by atoms with Crippen LogP contribution < -0.4 is 25.8 Å². The summed E-state index contributed by atoms with van der Waals surface area (Å²) in [7, 11) is -3.05. The number of carbonyl (C=O) groups is 3. The van der Waals surface area contributed by atoms with Crippen molar-refractivity contribution in [2.45, 2.75) is 38.1 Å². The molecule has 2 atom stereocenters. The van der Waals surface area contributed by atoms with Crippen molar-refractivity contribution in [3.05, 3.63) is 35.5 Å². The van der Waals surface area contributed by atoms with E-state index in [4.69, 9.17) is 19.9 Å². The lowest BCUT2D eigenvalue weighted by Crippen LogP contribution is -2.76. The zero-order chi connectivity index (χ0) is 32.7. The van der Waals surface area contributed by atoms with Gasteiger partial charge in [-0.15, -0.1) is 20.3 Å². The maximum atomic E-state index is 13.2. The van der Waals surface area contributed by atoms with Crippen LogP contribution in [0.1, 0.15) is 19.5 Å². The second-order valence-electron chi connectivity index (χ2n) is 11.0. The van der Waals surface area contributed by atoms with Gasteiger partial charge in [-0.3, -0.25) is 14.1 Å². The van der Waals surface area contributed by atoms with Gasteiger partial charge in [-0.1, -0.05) is 5.16 Å². The summed E-state index contributed by atoms with van der Waals surface area (Å²) in [6.07, 6.45) is 0.328. The fourth-order valence-corrected chi connectivity index (χ4v) is 5.78. The Morgan fingerprint density at radius 2 is 2.09 bits per heavy atom. The minimum Gasteiger partial charge on any atom is -0.489 e. The van der Waals surface area contributed by atoms with Crippen LogP contribution in [0.3, 0.4) is 0 Å². The van der Waals surface area contributed by atoms with Crippen molar-refractivity contribution in [2.24, 2.45) is 18.1 Å². The summed E-state index contributed by atoms with van der Waals surface area (Å²) in [6, 6.07) is 4.01. The first-order chi connectivity index (χ1) is 21.1. The zero-order valence-corrected chi connectivity index (χ0v) is 25.9. The van der Waals surface area contributed by atoms with E-state index in [1.807, 2.05) is 24.0 Å². The molecule has 0 aliphatic carbocycles. The number of anilines is 1. The van der Waals surface area contributed by atoms with Gasteiger partial charge in [0.1, 0.15) is 29.6 Å². The molecule has 5 rings (SSSR count). The maximum Gasteiger partial charge on any atom is 0.418 e. The Labute approximate surface area is 260 Å². The number of hydrogen-bond donors (Lipinski definition) is 5. The number of carboxylic acids is 1. The van der Waals surface area contributed by atoms with Gasteiger partial charge < -0.3 is 31.0 Å². The van der Waals surface area contributed by atoms with E-state index in [9.17, 15) is 27.9 Å². The highest BCUT2D eigenvalue weighted by Crippen LogP contribution is 2.33. The summed E-state index contributed by atoms with van der Waals surface area (Å²) in [5.41, 5.74) is 4.66. The second-order valence-corrected chi connectivity index (χ2v) is 12.9. The summed E-state index contributed by atoms with van der Waals surface area (Å²) in [5, 5.41) is 21.8. The molecular weight excluding hydrogens is 636 g/mol. The number of nitrogens with two attached hydrogens (primary N) is 1. The number of aliphatic carboxylic acids is 1. The van der Waals surface area contributed by atoms with Gasteiger partial charge >= 0.3 is 16.4 Å². The standard InChI is InChI=1S/C25H30N8O10S2/c1-25(2)20(22(35)33(25)43-45(38,39)40)29-21(34)19(16-12-44-24(26)28-16)30-42-18(23(36)37)11-41-15-4-5-17-14(6-15)10-32(31(17)3)9-13-7-27-8-13/h4-6,10,12-13,18,20,27H,7-9,11H2,1-3H3,(H4-,26,28,29,34,36,37,38,39,40)/p+1/b30-19-. The molecule has 3 aromatic rings. The number of amides is 2. The maximum absolute atomic E-state index is 13.2. The van der Waals surface area contributed by atoms with Crippen molar-refractivity contribution < 1.29 is 51.0 Å². The van der Waals surface area contributed by atoms with E-state index in [0.717, 1.165) is 41.9 Å². The third kappa shape index (κ3) is 6.83. The molecule has 4 heterocycles. The highest BCUT2D eigenvalue weighted by atomic mass is 32.3. The quantitative estimate of drug-likeness (QED) is 0.0475. The number of aromatic nitrogens is 3. The molecule has 20 heteroatoms. The average molecular weight is 668 g/mol. The molecule has 2 aliphatic heterocycles. The number of nitrogen functional groups attached to an aromatic ring is 1. The van der Waals surface area contributed by atoms with Gasteiger partial charge in [0.15, 0.2) is 17.4 Å². The van der Waals surface area contributed by atoms with Crippen molar-refractivity contribution in [3.63, 3.8) is 0 Å². The van der Waals surface area contributed by atoms with E-state index < -0.39 is 58.2 Å². The molecule has 1 aromatic carbocycles. The van der Waals surface area contributed by atoms with Crippen LogP contribution in [0.25, 0.3) is 10.9 Å². The zero-order valence-electron chi connectivity index (χ0n) is 24.2. The summed E-state index contributed by atoms with van der Waals surface area (Å²) < 4.78 is 45.3. The number of aryl methyl sites for hydroxylation is 1. The van der Waals surface area contributed by atoms with Gasteiger partial charge in [-0.25, -0.2) is 9.78 Å². The van der Waals surface area contributed by atoms with Crippen LogP contribution >= 0.6 is 11.3 Å². The lowest BCUT2D eigenvalue weighted by Gasteiger charge is -2.50. The van der Waals surface area contributed by atoms with Crippen molar-refractivity contribution in [1.82, 2.24) is 25.4 Å². The Morgan fingerprint density at radius 3 is 2.67 bits per heavy atom. The molecule has 2 fully saturated rings. The van der Waals surface area contributed by atoms with Crippen LogP contribution in [0, 0.1) is 5.92 Å². The summed E-state index contributed by atoms with van der Waals surface area (Å²) in [5.74, 6) is -2.50. The molecule has 0 bridgehead atoms. The number of β-lactam (4-membered cyclic amide) rings is 1. The molecule has 242 valence electrons. The van der Waals surface area contributed by atoms with Crippen molar-refractivity contribution in [2.75, 3.05) is 25.4 Å². The number of hydrogen-bond acceptors (Lipinski definition) is 13. The van der Waals surface area contributed by atoms with Crippen molar-refractivity contribution in [3.8, 4) is 5.75 Å². The van der Waals surface area contributed by atoms with Gasteiger partial charge in [0.2, 0.25) is 6.20 Å². The minimum atomic E-state index is -5.01. The second kappa shape index (κ2) is 12.2. The van der Waals surface area contributed by atoms with Crippen molar-refractivity contribution in [1.29, 1.82) is 0 Å². The fraction of sp³-hybridized carbons (Fsp3) is 0.440. The highest BCUT2D eigenvalue weighted by molar-refractivity contribution is 7.80. The first kappa shape index (κ1) is 32.0. The summed E-state index contributed by atoms with van der Waals surface area (Å²) >= 11 is 0.968. The molecule has 0 spiro atoms. The van der Waals surface area contributed by atoms with Crippen LogP contribution in [0.5, 0.6) is 5.75 Å². The molecule has 2 saturated heterocycles. The Bertz CT molecular complexity index is 1780. The van der Waals surface area contributed by atoms with Gasteiger partial charge in [-0.2, -0.15) is 18.2 Å². The molecule has 6 N–H and O–H groups in total. The number of hydroxylamine groups is 2. The molecule has 2 unspecified atom stereocenters. The number of rotatable bonds is 13. The van der Waals surface area contributed by atoms with E-state index in [1.165, 1.54) is 19.2 Å². The molecule has 2 aromatic heterocycles. The lowest BCUT2D eigenvalue weighted by molar-refractivity contribution is -0.776. The largest absolute Gasteiger partial charge is 0.489 e. The Morgan fingerprint density at radius 1 is 1.36 bits per heavy atom. The van der Waals surface area contributed by atoms with Crippen LogP contribution in [-0.4, -0.2) is 93.7 Å². The van der Waals surface area contributed by atoms with Crippen molar-refractivity contribution >= 4 is 61.3 Å². The van der Waals surface area contributed by atoms with E-state index in [-0.39, 0.29) is 10.8 Å². The minimum absolute atomic E-state index is 0.0679. The van der Waals surface area contributed by atoms with E-state index in [0.29, 0.717) is 16.7 Å². The monoisotopic (exact) mass is 667 g/mol. The first-order valence-corrected chi connectivity index (χ1v) is 15.7. The average Bonchev–Trinajstić information content (AvgIpc) is 3.50. The first-order valence-electron chi connectivity index (χ1n) is 13.5. The van der Waals surface area contributed by atoms with Gasteiger partial charge in [-0.05, 0) is 32.0 Å². The van der Waals surface area contributed by atoms with Crippen LogP contribution in [-0.2, 0) is 47.5 Å². The summed E-state index contributed by atoms with van der Waals surface area (Å²) in [4.78, 5) is 46.9. The summed E-state index contributed by atoms with van der Waals surface area (Å²) in [6.45, 7) is 5.04. The predicted octanol–water partition coefficient (Wildman–Crippen LogP) is -1.18. The Kier molecular flexibility index (Phi) is 8.68. The van der Waals surface area contributed by atoms with E-state index >= 15 is 0 Å². The molecule has 0 saturated carbocycles. The number of carbonyl (C=O) groups excluding carboxylic acids is 2. The molecular formula is C25H31N8O10S2+. The topological polar surface area (TPSA) is 241 Å². The highest BCUT2D eigenvalue weighted by Gasteiger charge is 2.58. The number of nitrogens with one attached hydrogen (secondary N) is 2. The fourth-order valence-electron chi connectivity index (χ4n) is 4.78. The predicted molar refractivity (Wildman–Crippen MR) is 156 cm³/mol. The number of nitrogens with zero attached hydrogens (tertiary/aromatic N) is 5. The molecule has 2 aliphatic rings. The number of benzene rings is 1. The molecule has 18 nitrogen and oxygen atoms in total. The molecule has 45 heavy (non-hydrogen) atoms. The Hall–Kier alpha value is -4.37. The lowest BCUT2D eigenvalue weighted by atomic mass is 9.84. The van der Waals surface area contributed by atoms with Crippen LogP contribution in [0.2, 0.25) is 0 Å². The number of oxime groups is 1. The van der Waals surface area contributed by atoms with Crippen LogP contribution in [0.15, 0.2) is 34.9 Å². The number of fused-ring (bicyclic) bond motifs is 1. The SMILES string of the molecule is Cn1c2ccc(OCC(O/N=C(\C(=O)NC3C(=O)N(OS(=O)(=O)O)C3(C)C)c3csc(N)n3)C(=O)O)cc2c[n+]1CC1CNC1. The molecule has 2 amide bonds. The molecule has 0 radical (unpaired) electrons. The number of ether oxygens (including phenoxy) is 1. The normalized spacial score (nSPS) is 19.1. The number of carboxylic acid groups (broad SMARTS) is 1. The smallest absolute Gasteiger partial charge is 0.418 e. The van der Waals surface area contributed by atoms with E-state index in [2.05, 4.69) is 29.7 Å². The van der Waals surface area contributed by atoms with Gasteiger partial charge in [0.05, 0.1) is 18.0 Å². The Balaban J connectivity index is 1.29. The van der Waals surface area contributed by atoms with Gasteiger partial charge in [0, 0.05) is 24.4 Å². The van der Waals surface area contributed by atoms with Crippen LogP contribution in [0.4, 0.5) is 5.13 Å². The third-order valence-electron chi connectivity index (χ3n) is 7.38. The number of thiazole rings is 1. The third-order valence-corrected chi connectivity index (χ3v) is 8.39. The van der Waals surface area contributed by atoms with E-state index in [1.54, 1.807) is 12.1 Å². The van der Waals surface area contributed by atoms with Gasteiger partial charge in [0.25, 0.3) is 17.9 Å².